The molecule has 0 aromatic rings. The summed E-state index contributed by atoms with van der Waals surface area (Å²) < 4.78 is 0. The van der Waals surface area contributed by atoms with E-state index in [9.17, 15) is 0 Å². The highest BCUT2D eigenvalue weighted by molar-refractivity contribution is 6.85. The zero-order valence-electron chi connectivity index (χ0n) is 16.4. The summed E-state index contributed by atoms with van der Waals surface area (Å²) in [6.07, 6.45) is 17.5. The predicted octanol–water partition coefficient (Wildman–Crippen LogP) is 7.34. The zero-order valence-corrected chi connectivity index (χ0v) is 17.4. The van der Waals surface area contributed by atoms with E-state index in [2.05, 4.69) is 33.4 Å². The highest BCUT2D eigenvalue weighted by atomic mass is 28.3. The summed E-state index contributed by atoms with van der Waals surface area (Å²) in [5.41, 5.74) is 1.41. The topological polar surface area (TPSA) is 12.4 Å². The summed E-state index contributed by atoms with van der Waals surface area (Å²) in [4.78, 5) is 4.99. The van der Waals surface area contributed by atoms with Crippen LogP contribution in [-0.4, -0.2) is 20.3 Å². The lowest BCUT2D eigenvalue weighted by Gasteiger charge is -2.28. The Balaban J connectivity index is 2.79. The number of nitrogens with zero attached hydrogens (tertiary/aromatic N) is 1. The van der Waals surface area contributed by atoms with Gasteiger partial charge in [0.2, 0.25) is 0 Å². The largest absolute Gasteiger partial charge is 0.290 e. The van der Waals surface area contributed by atoms with Gasteiger partial charge in [0.15, 0.2) is 0 Å². The van der Waals surface area contributed by atoms with Crippen molar-refractivity contribution in [2.75, 3.05) is 6.54 Å². The van der Waals surface area contributed by atoms with Gasteiger partial charge in [-0.05, 0) is 32.3 Å². The molecule has 1 aliphatic rings. The molecular weight excluding hydrogens is 294 g/mol. The van der Waals surface area contributed by atoms with Crippen molar-refractivity contribution in [3.05, 3.63) is 11.3 Å². The molecule has 0 unspecified atom stereocenters. The van der Waals surface area contributed by atoms with Crippen LogP contribution in [0.3, 0.4) is 0 Å². The molecule has 134 valence electrons. The maximum atomic E-state index is 4.99. The van der Waals surface area contributed by atoms with Gasteiger partial charge in [0.05, 0.1) is 8.07 Å². The highest BCUT2D eigenvalue weighted by Gasteiger charge is 2.27. The Morgan fingerprint density at radius 3 is 2.00 bits per heavy atom. The smallest absolute Gasteiger partial charge is 0.0782 e. The van der Waals surface area contributed by atoms with Gasteiger partial charge in [-0.3, -0.25) is 4.99 Å². The van der Waals surface area contributed by atoms with Gasteiger partial charge < -0.3 is 0 Å². The van der Waals surface area contributed by atoms with Crippen molar-refractivity contribution in [2.24, 2.45) is 4.99 Å². The summed E-state index contributed by atoms with van der Waals surface area (Å²) in [5.74, 6) is 0. The molecule has 0 saturated carbocycles. The van der Waals surface area contributed by atoms with E-state index in [1.807, 2.05) is 0 Å². The van der Waals surface area contributed by atoms with Crippen LogP contribution in [0.15, 0.2) is 16.3 Å². The van der Waals surface area contributed by atoms with Crippen molar-refractivity contribution >= 4 is 13.8 Å². The van der Waals surface area contributed by atoms with Crippen molar-refractivity contribution in [2.45, 2.75) is 110 Å². The molecular formula is C21H41NSi. The van der Waals surface area contributed by atoms with Gasteiger partial charge in [-0.2, -0.15) is 0 Å². The quantitative estimate of drug-likeness (QED) is 0.450. The third-order valence-electron chi connectivity index (χ3n) is 5.59. The standard InChI is InChI=1S/C21H41NSi/c1-5-17-23(4,18-6-2)20(3)19-21-15-13-11-9-7-8-10-12-14-16-22-21/h19H,5-18H2,1-4H3/b20-19+,22-21?. The van der Waals surface area contributed by atoms with E-state index in [1.54, 1.807) is 5.20 Å². The van der Waals surface area contributed by atoms with Crippen molar-refractivity contribution in [3.63, 3.8) is 0 Å². The molecule has 1 heterocycles. The van der Waals surface area contributed by atoms with E-state index in [-0.39, 0.29) is 0 Å². The van der Waals surface area contributed by atoms with Gasteiger partial charge >= 0.3 is 0 Å². The number of hydrogen-bond donors (Lipinski definition) is 0. The maximum absolute atomic E-state index is 4.99. The van der Waals surface area contributed by atoms with Gasteiger partial charge in [0.25, 0.3) is 0 Å². The van der Waals surface area contributed by atoms with Gasteiger partial charge in [-0.25, -0.2) is 0 Å². The fourth-order valence-electron chi connectivity index (χ4n) is 3.95. The first-order chi connectivity index (χ1) is 11.1. The third kappa shape index (κ3) is 8.33. The lowest BCUT2D eigenvalue weighted by molar-refractivity contribution is 0.569. The van der Waals surface area contributed by atoms with Crippen LogP contribution in [0.4, 0.5) is 0 Å². The van der Waals surface area contributed by atoms with E-state index in [1.165, 1.54) is 88.4 Å². The number of rotatable bonds is 6. The first kappa shape index (κ1) is 20.7. The molecule has 1 nitrogen and oxygen atoms in total. The molecule has 0 aromatic carbocycles. The lowest BCUT2D eigenvalue weighted by atomic mass is 10.0. The minimum absolute atomic E-state index is 1.05. The van der Waals surface area contributed by atoms with Gasteiger partial charge in [-0.1, -0.05) is 89.0 Å². The molecule has 0 radical (unpaired) electrons. The fourth-order valence-corrected chi connectivity index (χ4v) is 7.71. The van der Waals surface area contributed by atoms with Gasteiger partial charge in [0.1, 0.15) is 0 Å². The Bertz CT molecular complexity index is 364. The molecule has 0 aromatic heterocycles. The Kier molecular flexibility index (Phi) is 10.8. The van der Waals surface area contributed by atoms with Crippen LogP contribution in [0.1, 0.15) is 91.4 Å². The van der Waals surface area contributed by atoms with Gasteiger partial charge in [0, 0.05) is 12.3 Å². The molecule has 1 rings (SSSR count). The van der Waals surface area contributed by atoms with Crippen LogP contribution in [-0.2, 0) is 0 Å². The number of aliphatic imine (C=N–C) groups is 1. The van der Waals surface area contributed by atoms with Crippen LogP contribution in [0, 0.1) is 0 Å². The molecule has 0 amide bonds. The van der Waals surface area contributed by atoms with Crippen LogP contribution in [0.5, 0.6) is 0 Å². The monoisotopic (exact) mass is 335 g/mol. The lowest BCUT2D eigenvalue weighted by Crippen LogP contribution is -2.32. The first-order valence-electron chi connectivity index (χ1n) is 10.3. The number of allylic oxidation sites excluding steroid dienone is 2. The zero-order chi connectivity index (χ0) is 17.0. The van der Waals surface area contributed by atoms with E-state index in [0.29, 0.717) is 0 Å². The van der Waals surface area contributed by atoms with Crippen molar-refractivity contribution in [1.29, 1.82) is 0 Å². The molecule has 0 fully saturated rings. The van der Waals surface area contributed by atoms with Gasteiger partial charge in [-0.15, -0.1) is 0 Å². The molecule has 0 N–H and O–H groups in total. The Morgan fingerprint density at radius 1 is 0.913 bits per heavy atom. The third-order valence-corrected chi connectivity index (χ3v) is 10.9. The molecule has 1 aliphatic heterocycles. The molecule has 23 heavy (non-hydrogen) atoms. The highest BCUT2D eigenvalue weighted by Crippen LogP contribution is 2.28. The minimum Gasteiger partial charge on any atom is -0.290 e. The summed E-state index contributed by atoms with van der Waals surface area (Å²) in [7, 11) is -1.23. The summed E-state index contributed by atoms with van der Waals surface area (Å²) in [6.45, 7) is 10.8. The molecule has 0 bridgehead atoms. The number of hydrogen-bond acceptors (Lipinski definition) is 1. The van der Waals surface area contributed by atoms with Crippen LogP contribution in [0.2, 0.25) is 18.6 Å². The average Bonchev–Trinajstić information content (AvgIpc) is 2.50. The second-order valence-corrected chi connectivity index (χ2v) is 12.7. The predicted molar refractivity (Wildman–Crippen MR) is 109 cm³/mol. The van der Waals surface area contributed by atoms with Crippen LogP contribution < -0.4 is 0 Å². The van der Waals surface area contributed by atoms with E-state index < -0.39 is 8.07 Å². The summed E-state index contributed by atoms with van der Waals surface area (Å²) in [5, 5.41) is 1.70. The van der Waals surface area contributed by atoms with E-state index >= 15 is 0 Å². The Labute approximate surface area is 147 Å². The Hall–Kier alpha value is -0.373. The Morgan fingerprint density at radius 2 is 1.43 bits per heavy atom. The second-order valence-electron chi connectivity index (χ2n) is 7.84. The molecule has 2 heteroatoms. The minimum atomic E-state index is -1.23. The molecule has 0 atom stereocenters. The normalized spacial score (nSPS) is 19.7. The summed E-state index contributed by atoms with van der Waals surface area (Å²) in [6, 6.07) is 2.88. The van der Waals surface area contributed by atoms with Crippen molar-refractivity contribution in [3.8, 4) is 0 Å². The fraction of sp³-hybridized carbons (Fsp3) is 0.857. The van der Waals surface area contributed by atoms with E-state index in [4.69, 9.17) is 4.99 Å². The first-order valence-corrected chi connectivity index (χ1v) is 13.3. The van der Waals surface area contributed by atoms with Crippen molar-refractivity contribution in [1.82, 2.24) is 0 Å². The maximum Gasteiger partial charge on any atom is 0.0782 e. The second kappa shape index (κ2) is 12.1. The SMILES string of the molecule is CCC[Si](C)(CCC)/C(C)=C/C1=NCCCCCCCCCC1. The molecule has 0 spiro atoms. The van der Waals surface area contributed by atoms with E-state index in [0.717, 1.165) is 6.54 Å². The van der Waals surface area contributed by atoms with Crippen LogP contribution in [0.25, 0.3) is 0 Å². The molecule has 0 aliphatic carbocycles. The van der Waals surface area contributed by atoms with Crippen LogP contribution >= 0.6 is 0 Å². The summed E-state index contributed by atoms with van der Waals surface area (Å²) >= 11 is 0. The average molecular weight is 336 g/mol. The van der Waals surface area contributed by atoms with Crippen molar-refractivity contribution < 1.29 is 0 Å². The molecule has 0 saturated heterocycles.